The number of halogens is 4. The number of fused-ring (bicyclic) bond motifs is 1. The Hall–Kier alpha value is -3.63. The quantitative estimate of drug-likeness (QED) is 0.520. The lowest BCUT2D eigenvalue weighted by Gasteiger charge is -2.33. The lowest BCUT2D eigenvalue weighted by atomic mass is 9.83. The molecular formula is C22H19F4N3O4. The van der Waals surface area contributed by atoms with E-state index in [4.69, 9.17) is 10.5 Å². The Bertz CT molecular complexity index is 1160. The molecule has 1 amide bonds. The summed E-state index contributed by atoms with van der Waals surface area (Å²) in [6.07, 6.45) is -3.92. The van der Waals surface area contributed by atoms with Gasteiger partial charge in [0, 0.05) is 34.7 Å². The average molecular weight is 465 g/mol. The van der Waals surface area contributed by atoms with Gasteiger partial charge in [0.15, 0.2) is 17.2 Å². The molecule has 1 aliphatic carbocycles. The van der Waals surface area contributed by atoms with Gasteiger partial charge in [0.1, 0.15) is 6.10 Å². The minimum absolute atomic E-state index is 0.0849. The highest BCUT2D eigenvalue weighted by molar-refractivity contribution is 6.04. The highest BCUT2D eigenvalue weighted by atomic mass is 19.3. The summed E-state index contributed by atoms with van der Waals surface area (Å²) in [6.45, 7) is 1.62. The topological polar surface area (TPSA) is 103 Å². The van der Waals surface area contributed by atoms with E-state index in [0.29, 0.717) is 6.07 Å². The van der Waals surface area contributed by atoms with Gasteiger partial charge in [-0.25, -0.2) is 27.3 Å². The Labute approximate surface area is 185 Å². The number of ether oxygens (including phenoxy) is 2. The minimum atomic E-state index is -3.22. The number of carbonyl (C=O) groups excluding carboxylic acids is 2. The second-order valence-electron chi connectivity index (χ2n) is 7.89. The number of carbonyl (C=O) groups is 2. The summed E-state index contributed by atoms with van der Waals surface area (Å²) >= 11 is 0. The third-order valence-electron chi connectivity index (χ3n) is 5.98. The van der Waals surface area contributed by atoms with E-state index >= 15 is 0 Å². The molecule has 2 aromatic rings. The molecule has 0 spiro atoms. The lowest BCUT2D eigenvalue weighted by molar-refractivity contribution is 0.0165. The van der Waals surface area contributed by atoms with Crippen molar-refractivity contribution in [1.29, 1.82) is 0 Å². The number of anilines is 1. The largest absolute Gasteiger partial charge is 0.465 e. The van der Waals surface area contributed by atoms with Crippen molar-refractivity contribution in [3.05, 3.63) is 64.7 Å². The Balaban J connectivity index is 1.70. The molecule has 0 saturated heterocycles. The number of rotatable bonds is 5. The number of nitrogens with one attached hydrogen (secondary N) is 1. The molecule has 33 heavy (non-hydrogen) atoms. The number of nitrogens with zero attached hydrogens (tertiary/aromatic N) is 1. The number of amidine groups is 1. The number of benzene rings is 2. The molecule has 174 valence electrons. The van der Waals surface area contributed by atoms with Crippen LogP contribution in [-0.4, -0.2) is 37.5 Å². The Morgan fingerprint density at radius 2 is 1.82 bits per heavy atom. The average Bonchev–Trinajstić information content (AvgIpc) is 3.44. The Morgan fingerprint density at radius 3 is 2.42 bits per heavy atom. The highest BCUT2D eigenvalue weighted by Crippen LogP contribution is 2.59. The predicted octanol–water partition coefficient (Wildman–Crippen LogP) is 3.44. The molecule has 4 rings (SSSR count). The second-order valence-corrected chi connectivity index (χ2v) is 7.89. The minimum Gasteiger partial charge on any atom is -0.465 e. The van der Waals surface area contributed by atoms with E-state index in [1.807, 2.05) is 0 Å². The van der Waals surface area contributed by atoms with Gasteiger partial charge in [0.25, 0.3) is 18.4 Å². The fourth-order valence-electron chi connectivity index (χ4n) is 4.26. The van der Waals surface area contributed by atoms with Gasteiger partial charge in [0.05, 0.1) is 12.7 Å². The first-order valence-corrected chi connectivity index (χ1v) is 9.89. The zero-order valence-electron chi connectivity index (χ0n) is 17.4. The third kappa shape index (κ3) is 3.66. The van der Waals surface area contributed by atoms with Gasteiger partial charge in [0.2, 0.25) is 0 Å². The summed E-state index contributed by atoms with van der Waals surface area (Å²) in [5.74, 6) is -5.62. The molecule has 0 aromatic heterocycles. The molecule has 11 heteroatoms. The van der Waals surface area contributed by atoms with E-state index < -0.39 is 65.0 Å². The van der Waals surface area contributed by atoms with Crippen LogP contribution in [0.1, 0.15) is 33.2 Å². The zero-order valence-corrected chi connectivity index (χ0v) is 17.4. The first-order chi connectivity index (χ1) is 15.6. The molecule has 2 aliphatic rings. The lowest BCUT2D eigenvalue weighted by Crippen LogP contribution is -2.43. The van der Waals surface area contributed by atoms with E-state index in [1.165, 1.54) is 31.4 Å². The van der Waals surface area contributed by atoms with Crippen LogP contribution in [0.5, 0.6) is 0 Å². The molecular weight excluding hydrogens is 446 g/mol. The zero-order chi connectivity index (χ0) is 24.1. The molecule has 1 heterocycles. The summed E-state index contributed by atoms with van der Waals surface area (Å²) in [4.78, 5) is 27.8. The van der Waals surface area contributed by atoms with E-state index in [-0.39, 0.29) is 16.8 Å². The normalized spacial score (nSPS) is 25.5. The van der Waals surface area contributed by atoms with Crippen LogP contribution in [0.25, 0.3) is 0 Å². The number of alkyl halides is 2. The molecule has 1 saturated carbocycles. The SMILES string of the molecule is COC(=O)c1ccc(C(=O)Nc2cc(F)c(F)c([C@]3(C(F)F)N=C(N)O[C@H]4[C@@H](C)[C@H]43)c2)cc1. The summed E-state index contributed by atoms with van der Waals surface area (Å²) in [7, 11) is 1.20. The van der Waals surface area contributed by atoms with Crippen LogP contribution in [0.15, 0.2) is 41.4 Å². The summed E-state index contributed by atoms with van der Waals surface area (Å²) in [5, 5.41) is 2.36. The standard InChI is InChI=1S/C22H19F4N3O4/c1-9-15-17(9)33-21(27)29-22(15,20(25)26)13-7-12(8-14(23)16(13)24)28-18(30)10-3-5-11(6-4-10)19(31)32-2/h3-9,15,17,20H,1-2H3,(H2,27,29)(H,28,30)/t9-,15+,17-,22-/m0/s1. The summed E-state index contributed by atoms with van der Waals surface area (Å²) in [6, 6.07) is 6.40. The predicted molar refractivity (Wildman–Crippen MR) is 109 cm³/mol. The van der Waals surface area contributed by atoms with Crippen molar-refractivity contribution in [2.45, 2.75) is 25.0 Å². The number of methoxy groups -OCH3 is 1. The van der Waals surface area contributed by atoms with Gasteiger partial charge in [-0.15, -0.1) is 0 Å². The van der Waals surface area contributed by atoms with E-state index in [0.717, 1.165) is 6.07 Å². The van der Waals surface area contributed by atoms with Crippen LogP contribution in [0.3, 0.4) is 0 Å². The molecule has 3 N–H and O–H groups in total. The van der Waals surface area contributed by atoms with Crippen LogP contribution >= 0.6 is 0 Å². The number of aliphatic imine (C=N–C) groups is 1. The molecule has 1 aliphatic heterocycles. The first kappa shape index (κ1) is 22.6. The van der Waals surface area contributed by atoms with Crippen molar-refractivity contribution in [1.82, 2.24) is 0 Å². The molecule has 7 nitrogen and oxygen atoms in total. The van der Waals surface area contributed by atoms with E-state index in [1.54, 1.807) is 6.92 Å². The van der Waals surface area contributed by atoms with Crippen LogP contribution in [-0.2, 0) is 15.0 Å². The van der Waals surface area contributed by atoms with Crippen molar-refractivity contribution in [2.24, 2.45) is 22.6 Å². The Kier molecular flexibility index (Phi) is 5.51. The number of esters is 1. The van der Waals surface area contributed by atoms with Gasteiger partial charge in [-0.1, -0.05) is 6.92 Å². The van der Waals surface area contributed by atoms with Gasteiger partial charge in [-0.05, 0) is 30.3 Å². The van der Waals surface area contributed by atoms with Gasteiger partial charge >= 0.3 is 5.97 Å². The van der Waals surface area contributed by atoms with Gasteiger partial charge < -0.3 is 20.5 Å². The van der Waals surface area contributed by atoms with Crippen LogP contribution in [0.4, 0.5) is 23.2 Å². The molecule has 1 fully saturated rings. The fraction of sp³-hybridized carbons (Fsp3) is 0.318. The summed E-state index contributed by atoms with van der Waals surface area (Å²) in [5.41, 5.74) is 2.42. The van der Waals surface area contributed by atoms with Crippen LogP contribution in [0.2, 0.25) is 0 Å². The molecule has 0 unspecified atom stereocenters. The molecule has 0 bridgehead atoms. The first-order valence-electron chi connectivity index (χ1n) is 9.89. The van der Waals surface area contributed by atoms with Crippen molar-refractivity contribution >= 4 is 23.6 Å². The summed E-state index contributed by atoms with van der Waals surface area (Å²) < 4.78 is 67.8. The molecule has 2 aromatic carbocycles. The third-order valence-corrected chi connectivity index (χ3v) is 5.98. The van der Waals surface area contributed by atoms with Crippen molar-refractivity contribution in [2.75, 3.05) is 12.4 Å². The van der Waals surface area contributed by atoms with Gasteiger partial charge in [-0.2, -0.15) is 0 Å². The Morgan fingerprint density at radius 1 is 1.18 bits per heavy atom. The van der Waals surface area contributed by atoms with E-state index in [2.05, 4.69) is 15.0 Å². The maximum absolute atomic E-state index is 14.8. The highest BCUT2D eigenvalue weighted by Gasteiger charge is 2.69. The van der Waals surface area contributed by atoms with Crippen LogP contribution in [0, 0.1) is 23.5 Å². The van der Waals surface area contributed by atoms with E-state index in [9.17, 15) is 27.2 Å². The number of hydrogen-bond acceptors (Lipinski definition) is 6. The fourth-order valence-corrected chi connectivity index (χ4v) is 4.26. The monoisotopic (exact) mass is 465 g/mol. The maximum Gasteiger partial charge on any atom is 0.337 e. The smallest absolute Gasteiger partial charge is 0.337 e. The number of hydrogen-bond donors (Lipinski definition) is 2. The van der Waals surface area contributed by atoms with Crippen molar-refractivity contribution < 1.29 is 36.6 Å². The van der Waals surface area contributed by atoms with Crippen LogP contribution < -0.4 is 11.1 Å². The maximum atomic E-state index is 14.8. The number of amides is 1. The molecule has 4 atom stereocenters. The number of nitrogens with two attached hydrogens (primary N) is 1. The van der Waals surface area contributed by atoms with Crippen molar-refractivity contribution in [3.8, 4) is 0 Å². The van der Waals surface area contributed by atoms with Gasteiger partial charge in [-0.3, -0.25) is 4.79 Å². The second kappa shape index (κ2) is 8.05. The molecule has 0 radical (unpaired) electrons. The van der Waals surface area contributed by atoms with Crippen molar-refractivity contribution in [3.63, 3.8) is 0 Å².